The first-order valence-electron chi connectivity index (χ1n) is 9.82. The lowest BCUT2D eigenvalue weighted by Gasteiger charge is -2.40. The van der Waals surface area contributed by atoms with E-state index in [4.69, 9.17) is 4.42 Å². The van der Waals surface area contributed by atoms with Crippen LogP contribution in [0.5, 0.6) is 0 Å². The number of carbonyl (C=O) groups excluding carboxylic acids is 2. The quantitative estimate of drug-likeness (QED) is 0.636. The number of amides is 2. The van der Waals surface area contributed by atoms with Crippen molar-refractivity contribution < 1.29 is 14.0 Å². The normalized spacial score (nSPS) is 17.0. The minimum absolute atomic E-state index is 0.00775. The lowest BCUT2D eigenvalue weighted by Crippen LogP contribution is -2.55. The van der Waals surface area contributed by atoms with Gasteiger partial charge in [-0.25, -0.2) is 0 Å². The van der Waals surface area contributed by atoms with Crippen LogP contribution in [0.1, 0.15) is 34.7 Å². The molecule has 6 nitrogen and oxygen atoms in total. The predicted octanol–water partition coefficient (Wildman–Crippen LogP) is 3.80. The first-order valence-corrected chi connectivity index (χ1v) is 9.82. The number of hydrogen-bond acceptors (Lipinski definition) is 3. The van der Waals surface area contributed by atoms with Crippen LogP contribution < -0.4 is 0 Å². The van der Waals surface area contributed by atoms with Crippen LogP contribution in [0.15, 0.2) is 65.3 Å². The lowest BCUT2D eigenvalue weighted by molar-refractivity contribution is 0.0409. The van der Waals surface area contributed by atoms with Crippen LogP contribution in [-0.2, 0) is 6.54 Å². The van der Waals surface area contributed by atoms with Gasteiger partial charge >= 0.3 is 0 Å². The van der Waals surface area contributed by atoms with Crippen molar-refractivity contribution in [1.82, 2.24) is 14.4 Å². The third kappa shape index (κ3) is 3.58. The number of nitrogens with zero attached hydrogens (tertiary/aromatic N) is 3. The molecule has 3 heterocycles. The molecule has 2 aromatic heterocycles. The van der Waals surface area contributed by atoms with Crippen molar-refractivity contribution in [3.63, 3.8) is 0 Å². The van der Waals surface area contributed by atoms with Crippen molar-refractivity contribution in [3.05, 3.63) is 72.1 Å². The molecular formula is C23H25N3O3. The molecule has 1 aromatic carbocycles. The second-order valence-electron chi connectivity index (χ2n) is 7.72. The van der Waals surface area contributed by atoms with E-state index in [-0.39, 0.29) is 17.9 Å². The fourth-order valence-electron chi connectivity index (χ4n) is 3.93. The van der Waals surface area contributed by atoms with Gasteiger partial charge in [-0.1, -0.05) is 30.4 Å². The Morgan fingerprint density at radius 1 is 1.14 bits per heavy atom. The van der Waals surface area contributed by atoms with Gasteiger partial charge in [0.05, 0.1) is 6.26 Å². The van der Waals surface area contributed by atoms with Crippen LogP contribution in [0, 0.1) is 0 Å². The lowest BCUT2D eigenvalue weighted by atomic mass is 10.1. The van der Waals surface area contributed by atoms with E-state index in [2.05, 4.69) is 6.58 Å². The van der Waals surface area contributed by atoms with E-state index in [9.17, 15) is 9.59 Å². The molecule has 2 amide bonds. The molecule has 0 N–H and O–H groups in total. The van der Waals surface area contributed by atoms with Gasteiger partial charge in [0.25, 0.3) is 11.8 Å². The maximum Gasteiger partial charge on any atom is 0.270 e. The molecule has 1 aliphatic rings. The molecule has 0 saturated carbocycles. The zero-order valence-electron chi connectivity index (χ0n) is 16.8. The Balaban J connectivity index is 1.53. The third-order valence-corrected chi connectivity index (χ3v) is 5.35. The van der Waals surface area contributed by atoms with Crippen LogP contribution in [-0.4, -0.2) is 51.9 Å². The van der Waals surface area contributed by atoms with Gasteiger partial charge in [-0.3, -0.25) is 9.59 Å². The standard InChI is InChI=1S/C23H25N3O3/c1-16(2)14-26-20(13-19-9-12-29-23(19)26)22(28)24-10-11-25(17(3)15-24)21(27)18-7-5-4-6-8-18/h4-9,12-13,17H,1,10-11,14-15H2,2-3H3/t17-/m1/s1. The topological polar surface area (TPSA) is 58.7 Å². The smallest absolute Gasteiger partial charge is 0.270 e. The summed E-state index contributed by atoms with van der Waals surface area (Å²) in [5.41, 5.74) is 2.90. The molecule has 150 valence electrons. The van der Waals surface area contributed by atoms with E-state index in [0.717, 1.165) is 11.0 Å². The van der Waals surface area contributed by atoms with E-state index in [1.54, 1.807) is 6.26 Å². The van der Waals surface area contributed by atoms with Gasteiger partial charge in [0.1, 0.15) is 5.69 Å². The van der Waals surface area contributed by atoms with Crippen LogP contribution in [0.3, 0.4) is 0 Å². The van der Waals surface area contributed by atoms with Crippen molar-refractivity contribution in [2.75, 3.05) is 19.6 Å². The number of furan rings is 1. The van der Waals surface area contributed by atoms with E-state index < -0.39 is 0 Å². The van der Waals surface area contributed by atoms with E-state index in [0.29, 0.717) is 43.1 Å². The Bertz CT molecular complexity index is 1060. The van der Waals surface area contributed by atoms with Crippen LogP contribution in [0.4, 0.5) is 0 Å². The molecule has 0 radical (unpaired) electrons. The molecule has 1 saturated heterocycles. The maximum absolute atomic E-state index is 13.3. The molecule has 4 rings (SSSR count). The minimum atomic E-state index is -0.0621. The summed E-state index contributed by atoms with van der Waals surface area (Å²) in [6, 6.07) is 12.9. The first kappa shape index (κ1) is 19.1. The molecule has 0 aliphatic carbocycles. The van der Waals surface area contributed by atoms with Gasteiger partial charge in [0.15, 0.2) is 0 Å². The molecule has 3 aromatic rings. The number of hydrogen-bond donors (Lipinski definition) is 0. The maximum atomic E-state index is 13.3. The Morgan fingerprint density at radius 3 is 2.59 bits per heavy atom. The average molecular weight is 391 g/mol. The Labute approximate surface area is 170 Å². The van der Waals surface area contributed by atoms with Gasteiger partial charge in [-0.15, -0.1) is 0 Å². The molecule has 0 spiro atoms. The number of aromatic nitrogens is 1. The van der Waals surface area contributed by atoms with Gasteiger partial charge in [-0.05, 0) is 38.1 Å². The summed E-state index contributed by atoms with van der Waals surface area (Å²) in [7, 11) is 0. The summed E-state index contributed by atoms with van der Waals surface area (Å²) >= 11 is 0. The Kier molecular flexibility index (Phi) is 5.01. The highest BCUT2D eigenvalue weighted by atomic mass is 16.3. The number of rotatable bonds is 4. The van der Waals surface area contributed by atoms with E-state index in [1.165, 1.54) is 0 Å². The molecule has 1 aliphatic heterocycles. The van der Waals surface area contributed by atoms with Crippen molar-refractivity contribution in [1.29, 1.82) is 0 Å². The monoisotopic (exact) mass is 391 g/mol. The SMILES string of the molecule is C=C(C)Cn1c(C(=O)N2CCN(C(=O)c3ccccc3)[C@H](C)C2)cc2ccoc21. The van der Waals surface area contributed by atoms with E-state index >= 15 is 0 Å². The predicted molar refractivity (Wildman–Crippen MR) is 112 cm³/mol. The molecule has 0 bridgehead atoms. The number of allylic oxidation sites excluding steroid dienone is 1. The second kappa shape index (κ2) is 7.62. The van der Waals surface area contributed by atoms with Crippen molar-refractivity contribution in [2.24, 2.45) is 0 Å². The first-order chi connectivity index (χ1) is 14.0. The number of benzene rings is 1. The van der Waals surface area contributed by atoms with Crippen molar-refractivity contribution >= 4 is 22.9 Å². The molecule has 1 atom stereocenters. The van der Waals surface area contributed by atoms with E-state index in [1.807, 2.05) is 70.7 Å². The zero-order valence-corrected chi connectivity index (χ0v) is 16.8. The molecule has 6 heteroatoms. The summed E-state index contributed by atoms with van der Waals surface area (Å²) < 4.78 is 7.47. The molecular weight excluding hydrogens is 366 g/mol. The van der Waals surface area contributed by atoms with Gasteiger partial charge < -0.3 is 18.8 Å². The van der Waals surface area contributed by atoms with Crippen molar-refractivity contribution in [3.8, 4) is 0 Å². The van der Waals surface area contributed by atoms with Gasteiger partial charge in [0, 0.05) is 43.2 Å². The van der Waals surface area contributed by atoms with Gasteiger partial charge in [0.2, 0.25) is 5.71 Å². The highest BCUT2D eigenvalue weighted by molar-refractivity contribution is 5.98. The van der Waals surface area contributed by atoms with Crippen molar-refractivity contribution in [2.45, 2.75) is 26.4 Å². The zero-order chi connectivity index (χ0) is 20.5. The third-order valence-electron chi connectivity index (χ3n) is 5.35. The largest absolute Gasteiger partial charge is 0.448 e. The number of carbonyl (C=O) groups is 2. The van der Waals surface area contributed by atoms with Gasteiger partial charge in [-0.2, -0.15) is 0 Å². The highest BCUT2D eigenvalue weighted by Gasteiger charge is 2.32. The van der Waals surface area contributed by atoms with Crippen LogP contribution in [0.2, 0.25) is 0 Å². The fraction of sp³-hybridized carbons (Fsp3) is 0.304. The summed E-state index contributed by atoms with van der Waals surface area (Å²) in [6.45, 7) is 9.93. The molecule has 29 heavy (non-hydrogen) atoms. The number of piperazine rings is 1. The summed E-state index contributed by atoms with van der Waals surface area (Å²) in [5.74, 6) is -0.0373. The molecule has 0 unspecified atom stereocenters. The number of fused-ring (bicyclic) bond motifs is 1. The summed E-state index contributed by atoms with van der Waals surface area (Å²) in [6.07, 6.45) is 1.63. The second-order valence-corrected chi connectivity index (χ2v) is 7.72. The van der Waals surface area contributed by atoms with Crippen LogP contribution in [0.25, 0.3) is 11.1 Å². The summed E-state index contributed by atoms with van der Waals surface area (Å²) in [5, 5.41) is 0.903. The molecule has 1 fully saturated rings. The minimum Gasteiger partial charge on any atom is -0.448 e. The van der Waals surface area contributed by atoms with Crippen LogP contribution >= 0.6 is 0 Å². The average Bonchev–Trinajstić information content (AvgIpc) is 3.30. The highest BCUT2D eigenvalue weighted by Crippen LogP contribution is 2.24. The Hall–Kier alpha value is -3.28. The fourth-order valence-corrected chi connectivity index (χ4v) is 3.93. The Morgan fingerprint density at radius 2 is 1.90 bits per heavy atom. The summed E-state index contributed by atoms with van der Waals surface area (Å²) in [4.78, 5) is 29.8.